The van der Waals surface area contributed by atoms with Gasteiger partial charge < -0.3 is 0 Å². The van der Waals surface area contributed by atoms with Gasteiger partial charge in [0.25, 0.3) is 0 Å². The lowest BCUT2D eigenvalue weighted by Gasteiger charge is -2.06. The molecular formula is C10H16BrNO2S2. The smallest absolute Gasteiger partial charge is 0.210 e. The molecule has 0 aliphatic heterocycles. The molecule has 0 fully saturated rings. The molecule has 3 nitrogen and oxygen atoms in total. The first-order valence-corrected chi connectivity index (χ1v) is 8.18. The van der Waals surface area contributed by atoms with Gasteiger partial charge in [-0.2, -0.15) is 0 Å². The van der Waals surface area contributed by atoms with Crippen molar-refractivity contribution in [2.45, 2.75) is 31.4 Å². The SMILES string of the molecule is Cc1cc(S(=O)(=O)NCCC(C)C)sc1Br. The molecule has 1 N–H and O–H groups in total. The first-order chi connectivity index (χ1) is 7.33. The van der Waals surface area contributed by atoms with Crippen molar-refractivity contribution in [2.75, 3.05) is 6.54 Å². The van der Waals surface area contributed by atoms with Crippen molar-refractivity contribution >= 4 is 37.3 Å². The Morgan fingerprint density at radius 3 is 2.56 bits per heavy atom. The molecule has 0 atom stereocenters. The number of hydrogen-bond donors (Lipinski definition) is 1. The largest absolute Gasteiger partial charge is 0.250 e. The van der Waals surface area contributed by atoms with Crippen LogP contribution in [-0.2, 0) is 10.0 Å². The quantitative estimate of drug-likeness (QED) is 0.903. The lowest BCUT2D eigenvalue weighted by atomic mass is 10.1. The Hall–Kier alpha value is 0.0900. The summed E-state index contributed by atoms with van der Waals surface area (Å²) < 4.78 is 27.6. The summed E-state index contributed by atoms with van der Waals surface area (Å²) in [5.74, 6) is 0.500. The van der Waals surface area contributed by atoms with E-state index in [1.54, 1.807) is 6.07 Å². The van der Waals surface area contributed by atoms with Crippen LogP contribution in [0.3, 0.4) is 0 Å². The first kappa shape index (κ1) is 14.2. The van der Waals surface area contributed by atoms with Crippen LogP contribution in [0.1, 0.15) is 25.8 Å². The third kappa shape index (κ3) is 3.84. The molecule has 0 spiro atoms. The van der Waals surface area contributed by atoms with E-state index in [2.05, 4.69) is 34.5 Å². The molecule has 1 aromatic heterocycles. The summed E-state index contributed by atoms with van der Waals surface area (Å²) in [6.45, 7) is 6.52. The zero-order valence-electron chi connectivity index (χ0n) is 9.58. The zero-order chi connectivity index (χ0) is 12.3. The van der Waals surface area contributed by atoms with Crippen molar-refractivity contribution in [2.24, 2.45) is 5.92 Å². The molecule has 0 radical (unpaired) electrons. The van der Waals surface area contributed by atoms with Crippen LogP contribution < -0.4 is 4.72 Å². The van der Waals surface area contributed by atoms with E-state index < -0.39 is 10.0 Å². The number of nitrogens with one attached hydrogen (secondary N) is 1. The van der Waals surface area contributed by atoms with E-state index >= 15 is 0 Å². The Kier molecular flexibility index (Phi) is 4.97. The van der Waals surface area contributed by atoms with Crippen LogP contribution in [0.2, 0.25) is 0 Å². The molecule has 0 bridgehead atoms. The van der Waals surface area contributed by atoms with Crippen LogP contribution in [-0.4, -0.2) is 15.0 Å². The van der Waals surface area contributed by atoms with Gasteiger partial charge in [-0.15, -0.1) is 11.3 Å². The van der Waals surface area contributed by atoms with Crippen LogP contribution in [0.25, 0.3) is 0 Å². The Balaban J connectivity index is 2.71. The Labute approximate surface area is 109 Å². The average molecular weight is 326 g/mol. The van der Waals surface area contributed by atoms with Crippen molar-refractivity contribution in [1.29, 1.82) is 0 Å². The van der Waals surface area contributed by atoms with E-state index in [0.29, 0.717) is 16.7 Å². The highest BCUT2D eigenvalue weighted by molar-refractivity contribution is 9.11. The van der Waals surface area contributed by atoms with Gasteiger partial charge in [-0.05, 0) is 46.8 Å². The minimum atomic E-state index is -3.32. The second kappa shape index (κ2) is 5.62. The summed E-state index contributed by atoms with van der Waals surface area (Å²) in [5, 5.41) is 0. The summed E-state index contributed by atoms with van der Waals surface area (Å²) in [5.41, 5.74) is 0.953. The molecule has 0 aliphatic carbocycles. The van der Waals surface area contributed by atoms with E-state index in [-0.39, 0.29) is 0 Å². The second-order valence-corrected chi connectivity index (χ2v) is 8.47. The maximum atomic E-state index is 11.9. The molecule has 1 heterocycles. The lowest BCUT2D eigenvalue weighted by Crippen LogP contribution is -2.24. The summed E-state index contributed by atoms with van der Waals surface area (Å²) in [6.07, 6.45) is 0.852. The molecule has 1 aromatic rings. The van der Waals surface area contributed by atoms with Gasteiger partial charge in [-0.25, -0.2) is 13.1 Å². The van der Waals surface area contributed by atoms with Gasteiger partial charge in [-0.3, -0.25) is 0 Å². The topological polar surface area (TPSA) is 46.2 Å². The average Bonchev–Trinajstić information content (AvgIpc) is 2.46. The maximum absolute atomic E-state index is 11.9. The predicted molar refractivity (Wildman–Crippen MR) is 71.4 cm³/mol. The summed E-state index contributed by atoms with van der Waals surface area (Å²) in [4.78, 5) is 0. The summed E-state index contributed by atoms with van der Waals surface area (Å²) in [6, 6.07) is 1.69. The molecule has 6 heteroatoms. The van der Waals surface area contributed by atoms with Crippen LogP contribution in [0.5, 0.6) is 0 Å². The predicted octanol–water partition coefficient (Wildman–Crippen LogP) is 3.14. The molecule has 0 aliphatic rings. The fourth-order valence-corrected chi connectivity index (χ4v) is 4.44. The van der Waals surface area contributed by atoms with Crippen LogP contribution in [0, 0.1) is 12.8 Å². The van der Waals surface area contributed by atoms with Crippen molar-refractivity contribution < 1.29 is 8.42 Å². The van der Waals surface area contributed by atoms with Crippen molar-refractivity contribution in [1.82, 2.24) is 4.72 Å². The number of hydrogen-bond acceptors (Lipinski definition) is 3. The normalized spacial score (nSPS) is 12.3. The van der Waals surface area contributed by atoms with Gasteiger partial charge >= 0.3 is 0 Å². The fourth-order valence-electron chi connectivity index (χ4n) is 1.12. The first-order valence-electron chi connectivity index (χ1n) is 5.08. The van der Waals surface area contributed by atoms with E-state index in [4.69, 9.17) is 0 Å². The number of aryl methyl sites for hydroxylation is 1. The number of halogens is 1. The van der Waals surface area contributed by atoms with E-state index in [1.165, 1.54) is 11.3 Å². The zero-order valence-corrected chi connectivity index (χ0v) is 12.8. The van der Waals surface area contributed by atoms with Gasteiger partial charge in [0.1, 0.15) is 4.21 Å². The molecule has 92 valence electrons. The van der Waals surface area contributed by atoms with E-state index in [0.717, 1.165) is 15.8 Å². The minimum Gasteiger partial charge on any atom is -0.210 e. The molecule has 0 amide bonds. The van der Waals surface area contributed by atoms with Crippen molar-refractivity contribution in [3.8, 4) is 0 Å². The molecule has 16 heavy (non-hydrogen) atoms. The minimum absolute atomic E-state index is 0.376. The molecular weight excluding hydrogens is 310 g/mol. The van der Waals surface area contributed by atoms with Gasteiger partial charge in [-0.1, -0.05) is 13.8 Å². The third-order valence-corrected chi connectivity index (χ3v) is 6.18. The molecule has 0 aromatic carbocycles. The molecule has 1 rings (SSSR count). The Bertz CT molecular complexity index is 432. The standard InChI is InChI=1S/C10H16BrNO2S2/c1-7(2)4-5-12-16(13,14)9-6-8(3)10(11)15-9/h6-7,12H,4-5H2,1-3H3. The molecule has 0 saturated heterocycles. The monoisotopic (exact) mass is 325 g/mol. The highest BCUT2D eigenvalue weighted by Gasteiger charge is 2.17. The number of thiophene rings is 1. The van der Waals surface area contributed by atoms with Crippen molar-refractivity contribution in [3.05, 3.63) is 15.4 Å². The van der Waals surface area contributed by atoms with Crippen LogP contribution in [0.4, 0.5) is 0 Å². The fraction of sp³-hybridized carbons (Fsp3) is 0.600. The van der Waals surface area contributed by atoms with Crippen molar-refractivity contribution in [3.63, 3.8) is 0 Å². The summed E-state index contributed by atoms with van der Waals surface area (Å²) in [7, 11) is -3.32. The summed E-state index contributed by atoms with van der Waals surface area (Å²) >= 11 is 4.57. The lowest BCUT2D eigenvalue weighted by molar-refractivity contribution is 0.553. The maximum Gasteiger partial charge on any atom is 0.250 e. The third-order valence-electron chi connectivity index (χ3n) is 2.11. The highest BCUT2D eigenvalue weighted by Crippen LogP contribution is 2.30. The van der Waals surface area contributed by atoms with Gasteiger partial charge in [0, 0.05) is 6.54 Å². The highest BCUT2D eigenvalue weighted by atomic mass is 79.9. The van der Waals surface area contributed by atoms with E-state index in [9.17, 15) is 8.42 Å². The van der Waals surface area contributed by atoms with E-state index in [1.807, 2.05) is 6.92 Å². The van der Waals surface area contributed by atoms with Gasteiger partial charge in [0.2, 0.25) is 10.0 Å². The van der Waals surface area contributed by atoms with Crippen LogP contribution in [0.15, 0.2) is 14.1 Å². The number of sulfonamides is 1. The number of rotatable bonds is 5. The Morgan fingerprint density at radius 1 is 1.50 bits per heavy atom. The van der Waals surface area contributed by atoms with Crippen LogP contribution >= 0.6 is 27.3 Å². The van der Waals surface area contributed by atoms with Gasteiger partial charge in [0.15, 0.2) is 0 Å². The Morgan fingerprint density at radius 2 is 2.12 bits per heavy atom. The second-order valence-electron chi connectivity index (χ2n) is 4.10. The molecule has 0 unspecified atom stereocenters. The molecule has 0 saturated carbocycles. The van der Waals surface area contributed by atoms with Gasteiger partial charge in [0.05, 0.1) is 3.79 Å².